The largest absolute Gasteiger partial charge is 0.354 e. The van der Waals surface area contributed by atoms with Crippen LogP contribution in [0.1, 0.15) is 19.4 Å². The molecule has 0 spiro atoms. The van der Waals surface area contributed by atoms with Gasteiger partial charge in [0.15, 0.2) is 0 Å². The smallest absolute Gasteiger partial charge is 0.345 e. The molecule has 21 heavy (non-hydrogen) atoms. The van der Waals surface area contributed by atoms with Crippen molar-refractivity contribution < 1.29 is 4.79 Å². The lowest BCUT2D eigenvalue weighted by molar-refractivity contribution is -0.122. The number of carbonyl (C=O) groups is 1. The molecule has 7 heteroatoms. The van der Waals surface area contributed by atoms with Crippen LogP contribution in [0, 0.1) is 0 Å². The van der Waals surface area contributed by atoms with Crippen molar-refractivity contribution in [1.82, 2.24) is 24.6 Å². The van der Waals surface area contributed by atoms with Crippen molar-refractivity contribution >= 4 is 5.91 Å². The molecule has 2 aromatic heterocycles. The van der Waals surface area contributed by atoms with E-state index in [1.165, 1.54) is 10.9 Å². The fourth-order valence-corrected chi connectivity index (χ4v) is 1.91. The summed E-state index contributed by atoms with van der Waals surface area (Å²) in [7, 11) is 1.59. The van der Waals surface area contributed by atoms with Gasteiger partial charge in [0.2, 0.25) is 5.91 Å². The highest BCUT2D eigenvalue weighted by Crippen LogP contribution is 2.20. The van der Waals surface area contributed by atoms with Gasteiger partial charge < -0.3 is 5.32 Å². The van der Waals surface area contributed by atoms with Crippen LogP contribution >= 0.6 is 0 Å². The average Bonchev–Trinajstić information content (AvgIpc) is 2.78. The van der Waals surface area contributed by atoms with Crippen LogP contribution in [0.3, 0.4) is 0 Å². The Hall–Kier alpha value is -2.44. The van der Waals surface area contributed by atoms with Crippen LogP contribution in [0.15, 0.2) is 35.6 Å². The highest BCUT2D eigenvalue weighted by atomic mass is 16.2. The number of aromatic nitrogens is 4. The van der Waals surface area contributed by atoms with Crippen molar-refractivity contribution in [3.63, 3.8) is 0 Å². The first-order valence-corrected chi connectivity index (χ1v) is 6.66. The van der Waals surface area contributed by atoms with Crippen molar-refractivity contribution in [3.8, 4) is 0 Å². The summed E-state index contributed by atoms with van der Waals surface area (Å²) in [5, 5.41) is 6.68. The summed E-state index contributed by atoms with van der Waals surface area (Å²) in [6.45, 7) is 4.43. The SMILES string of the molecule is Cn1cnn(CC(=O)NCC(C)(C)c2cccnc2)c1=O. The lowest BCUT2D eigenvalue weighted by Gasteiger charge is -2.25. The predicted octanol–water partition coefficient (Wildman–Crippen LogP) is 0.0708. The Balaban J connectivity index is 1.95. The van der Waals surface area contributed by atoms with Crippen molar-refractivity contribution in [2.24, 2.45) is 7.05 Å². The first-order chi connectivity index (χ1) is 9.90. The van der Waals surface area contributed by atoms with Crippen molar-refractivity contribution in [1.29, 1.82) is 0 Å². The van der Waals surface area contributed by atoms with E-state index in [1.807, 2.05) is 26.0 Å². The molecule has 0 unspecified atom stereocenters. The lowest BCUT2D eigenvalue weighted by atomic mass is 9.86. The van der Waals surface area contributed by atoms with Gasteiger partial charge in [0.1, 0.15) is 12.9 Å². The molecular weight excluding hydrogens is 270 g/mol. The van der Waals surface area contributed by atoms with E-state index in [-0.39, 0.29) is 23.6 Å². The minimum absolute atomic E-state index is 0.0806. The number of carbonyl (C=O) groups excluding carboxylic acids is 1. The monoisotopic (exact) mass is 289 g/mol. The van der Waals surface area contributed by atoms with Crippen molar-refractivity contribution in [2.75, 3.05) is 6.54 Å². The van der Waals surface area contributed by atoms with Crippen LogP contribution in [0.2, 0.25) is 0 Å². The van der Waals surface area contributed by atoms with Gasteiger partial charge in [0, 0.05) is 31.4 Å². The molecule has 0 radical (unpaired) electrons. The Bertz CT molecular complexity index is 672. The zero-order valence-corrected chi connectivity index (χ0v) is 12.4. The second kappa shape index (κ2) is 5.90. The minimum atomic E-state index is -0.309. The number of nitrogens with zero attached hydrogens (tertiary/aromatic N) is 4. The second-order valence-corrected chi connectivity index (χ2v) is 5.58. The number of aryl methyl sites for hydroxylation is 1. The molecule has 1 amide bonds. The van der Waals surface area contributed by atoms with Gasteiger partial charge in [-0.3, -0.25) is 14.3 Å². The van der Waals surface area contributed by atoms with E-state index in [4.69, 9.17) is 0 Å². The average molecular weight is 289 g/mol. The maximum atomic E-state index is 11.9. The quantitative estimate of drug-likeness (QED) is 0.844. The third kappa shape index (κ3) is 3.56. The molecule has 0 aliphatic heterocycles. The van der Waals surface area contributed by atoms with Crippen molar-refractivity contribution in [2.45, 2.75) is 25.8 Å². The van der Waals surface area contributed by atoms with Gasteiger partial charge in [-0.15, -0.1) is 0 Å². The van der Waals surface area contributed by atoms with Crippen molar-refractivity contribution in [3.05, 3.63) is 46.9 Å². The summed E-state index contributed by atoms with van der Waals surface area (Å²) < 4.78 is 2.46. The van der Waals surface area contributed by atoms with E-state index in [2.05, 4.69) is 15.4 Å². The third-order valence-corrected chi connectivity index (χ3v) is 3.35. The molecule has 0 aliphatic rings. The summed E-state index contributed by atoms with van der Waals surface area (Å²) in [5.41, 5.74) is 0.496. The summed E-state index contributed by atoms with van der Waals surface area (Å²) in [6, 6.07) is 3.84. The topological polar surface area (TPSA) is 81.8 Å². The first-order valence-electron chi connectivity index (χ1n) is 6.66. The summed E-state index contributed by atoms with van der Waals surface area (Å²) in [4.78, 5) is 27.6. The maximum absolute atomic E-state index is 11.9. The first kappa shape index (κ1) is 15.0. The molecule has 1 N–H and O–H groups in total. The van der Waals surface area contributed by atoms with Crippen LogP contribution in [0.25, 0.3) is 0 Å². The number of pyridine rings is 1. The fourth-order valence-electron chi connectivity index (χ4n) is 1.91. The van der Waals surface area contributed by atoms with Crippen LogP contribution in [0.5, 0.6) is 0 Å². The molecule has 0 fully saturated rings. The normalized spacial score (nSPS) is 11.4. The molecule has 0 aromatic carbocycles. The van der Waals surface area contributed by atoms with Gasteiger partial charge in [-0.2, -0.15) is 5.10 Å². The highest BCUT2D eigenvalue weighted by Gasteiger charge is 2.21. The zero-order chi connectivity index (χ0) is 15.5. The van der Waals surface area contributed by atoms with E-state index in [0.717, 1.165) is 10.2 Å². The molecule has 7 nitrogen and oxygen atoms in total. The van der Waals surface area contributed by atoms with Crippen LogP contribution in [0.4, 0.5) is 0 Å². The number of hydrogen-bond donors (Lipinski definition) is 1. The third-order valence-electron chi connectivity index (χ3n) is 3.35. The standard InChI is InChI=1S/C14H19N5O2/c1-14(2,11-5-4-6-15-7-11)9-16-12(20)8-19-13(21)18(3)10-17-19/h4-7,10H,8-9H2,1-3H3,(H,16,20). The van der Waals surface area contributed by atoms with Gasteiger partial charge in [-0.25, -0.2) is 9.48 Å². The molecule has 0 saturated heterocycles. The number of amides is 1. The predicted molar refractivity (Wildman–Crippen MR) is 77.7 cm³/mol. The summed E-state index contributed by atoms with van der Waals surface area (Å²) >= 11 is 0. The molecule has 2 aromatic rings. The summed E-state index contributed by atoms with van der Waals surface area (Å²) in [5.74, 6) is -0.243. The molecule has 0 aliphatic carbocycles. The Kier molecular flexibility index (Phi) is 4.21. The van der Waals surface area contributed by atoms with E-state index in [0.29, 0.717) is 6.54 Å². The minimum Gasteiger partial charge on any atom is -0.354 e. The number of rotatable bonds is 5. The van der Waals surface area contributed by atoms with Gasteiger partial charge in [0.05, 0.1) is 0 Å². The van der Waals surface area contributed by atoms with E-state index in [9.17, 15) is 9.59 Å². The molecule has 2 heterocycles. The maximum Gasteiger partial charge on any atom is 0.345 e. The molecule has 0 bridgehead atoms. The van der Waals surface area contributed by atoms with Gasteiger partial charge in [0.25, 0.3) is 0 Å². The summed E-state index contributed by atoms with van der Waals surface area (Å²) in [6.07, 6.45) is 4.89. The molecule has 112 valence electrons. The number of hydrogen-bond acceptors (Lipinski definition) is 4. The van der Waals surface area contributed by atoms with E-state index < -0.39 is 0 Å². The van der Waals surface area contributed by atoms with Crippen LogP contribution in [-0.2, 0) is 23.8 Å². The van der Waals surface area contributed by atoms with Gasteiger partial charge >= 0.3 is 5.69 Å². The Morgan fingerprint density at radius 2 is 2.19 bits per heavy atom. The Morgan fingerprint density at radius 1 is 1.43 bits per heavy atom. The molecule has 2 rings (SSSR count). The Morgan fingerprint density at radius 3 is 2.76 bits per heavy atom. The van der Waals surface area contributed by atoms with Crippen LogP contribution in [-0.4, -0.2) is 31.8 Å². The number of nitrogens with one attached hydrogen (secondary N) is 1. The van der Waals surface area contributed by atoms with Gasteiger partial charge in [-0.1, -0.05) is 19.9 Å². The highest BCUT2D eigenvalue weighted by molar-refractivity contribution is 5.75. The Labute approximate surface area is 122 Å². The fraction of sp³-hybridized carbons (Fsp3) is 0.429. The van der Waals surface area contributed by atoms with Crippen LogP contribution < -0.4 is 11.0 Å². The zero-order valence-electron chi connectivity index (χ0n) is 12.4. The molecule has 0 saturated carbocycles. The van der Waals surface area contributed by atoms with E-state index >= 15 is 0 Å². The second-order valence-electron chi connectivity index (χ2n) is 5.58. The van der Waals surface area contributed by atoms with Gasteiger partial charge in [-0.05, 0) is 11.6 Å². The molecular formula is C14H19N5O2. The lowest BCUT2D eigenvalue weighted by Crippen LogP contribution is -2.40. The van der Waals surface area contributed by atoms with E-state index in [1.54, 1.807) is 19.4 Å². The molecule has 0 atom stereocenters.